The van der Waals surface area contributed by atoms with Crippen molar-refractivity contribution in [1.82, 2.24) is 0 Å². The number of hydrogen-bond donors (Lipinski definition) is 0. The van der Waals surface area contributed by atoms with Gasteiger partial charge in [-0.2, -0.15) is 0 Å². The Morgan fingerprint density at radius 3 is 1.29 bits per heavy atom. The Balaban J connectivity index is 2.08. The van der Waals surface area contributed by atoms with E-state index in [1.54, 1.807) is 14.2 Å². The van der Waals surface area contributed by atoms with E-state index in [2.05, 4.69) is 24.3 Å². The second kappa shape index (κ2) is 5.97. The van der Waals surface area contributed by atoms with Crippen LogP contribution in [0.3, 0.4) is 0 Å². The molecule has 0 fully saturated rings. The molecule has 0 N–H and O–H groups in total. The molecule has 2 aromatic rings. The van der Waals surface area contributed by atoms with Gasteiger partial charge in [-0.25, -0.2) is 0 Å². The normalized spacial score (nSPS) is 10.0. The van der Waals surface area contributed by atoms with Gasteiger partial charge in [0.1, 0.15) is 0 Å². The Morgan fingerprint density at radius 2 is 1.00 bits per heavy atom. The fourth-order valence-electron chi connectivity index (χ4n) is 1.46. The van der Waals surface area contributed by atoms with E-state index < -0.39 is 21.6 Å². The third-order valence-corrected chi connectivity index (χ3v) is 5.58. The second-order valence-corrected chi connectivity index (χ2v) is 7.09. The van der Waals surface area contributed by atoms with Crippen LogP contribution in [0.4, 0.5) is 0 Å². The van der Waals surface area contributed by atoms with E-state index in [0.29, 0.717) is 0 Å². The molecule has 0 aliphatic rings. The van der Waals surface area contributed by atoms with E-state index in [-0.39, 0.29) is 0 Å². The first kappa shape index (κ1) is 12.3. The van der Waals surface area contributed by atoms with Gasteiger partial charge in [0.05, 0.1) is 0 Å². The van der Waals surface area contributed by atoms with Gasteiger partial charge in [-0.15, -0.1) is 0 Å². The summed E-state index contributed by atoms with van der Waals surface area (Å²) in [6.07, 6.45) is 0. The molecule has 87 valence electrons. The minimum absolute atomic E-state index is 0.498. The third kappa shape index (κ3) is 3.41. The van der Waals surface area contributed by atoms with Gasteiger partial charge in [0.25, 0.3) is 0 Å². The fraction of sp³-hybridized carbons (Fsp3) is 0.143. The topological polar surface area (TPSA) is 18.5 Å². The molecular weight excluding hydrogens is 322 g/mol. The number of rotatable bonds is 4. The summed E-state index contributed by atoms with van der Waals surface area (Å²) >= 11 is -0.498. The SMILES string of the molecule is COc1cc[c]([Sb][c]2ccc(OC)cc2)cc1. The standard InChI is InChI=1S/2C7H7O.Sb/c2*1-8-7-5-3-2-4-6-7;/h2*3-6H,1H3;. The van der Waals surface area contributed by atoms with Gasteiger partial charge in [-0.3, -0.25) is 0 Å². The zero-order valence-corrected chi connectivity index (χ0v) is 12.4. The first-order chi connectivity index (χ1) is 8.31. The molecular formula is C14H14O2Sb. The molecule has 0 heterocycles. The molecule has 3 heteroatoms. The van der Waals surface area contributed by atoms with Gasteiger partial charge in [0.2, 0.25) is 0 Å². The molecule has 1 radical (unpaired) electrons. The molecule has 0 bridgehead atoms. The molecule has 17 heavy (non-hydrogen) atoms. The summed E-state index contributed by atoms with van der Waals surface area (Å²) in [5.41, 5.74) is 0. The Hall–Kier alpha value is -1.14. The van der Waals surface area contributed by atoms with Crippen molar-refractivity contribution in [3.05, 3.63) is 48.5 Å². The van der Waals surface area contributed by atoms with Crippen LogP contribution >= 0.6 is 0 Å². The summed E-state index contributed by atoms with van der Waals surface area (Å²) in [4.78, 5) is 0. The van der Waals surface area contributed by atoms with Crippen LogP contribution < -0.4 is 16.5 Å². The van der Waals surface area contributed by atoms with Crippen molar-refractivity contribution in [2.45, 2.75) is 0 Å². The van der Waals surface area contributed by atoms with Crippen LogP contribution in [-0.4, -0.2) is 35.8 Å². The third-order valence-electron chi connectivity index (χ3n) is 2.40. The van der Waals surface area contributed by atoms with Crippen molar-refractivity contribution in [3.63, 3.8) is 0 Å². The van der Waals surface area contributed by atoms with Crippen molar-refractivity contribution in [2.24, 2.45) is 0 Å². The van der Waals surface area contributed by atoms with Crippen molar-refractivity contribution < 1.29 is 9.47 Å². The van der Waals surface area contributed by atoms with Gasteiger partial charge in [0.15, 0.2) is 0 Å². The minimum atomic E-state index is -0.498. The van der Waals surface area contributed by atoms with E-state index in [4.69, 9.17) is 9.47 Å². The fourth-order valence-corrected chi connectivity index (χ4v) is 4.02. The molecule has 0 amide bonds. The molecule has 0 unspecified atom stereocenters. The van der Waals surface area contributed by atoms with Crippen LogP contribution in [0.1, 0.15) is 0 Å². The number of benzene rings is 2. The van der Waals surface area contributed by atoms with E-state index in [1.165, 1.54) is 7.02 Å². The molecule has 0 saturated heterocycles. The summed E-state index contributed by atoms with van der Waals surface area (Å²) in [7, 11) is 3.38. The predicted molar refractivity (Wildman–Crippen MR) is 71.0 cm³/mol. The van der Waals surface area contributed by atoms with Crippen LogP contribution in [-0.2, 0) is 0 Å². The first-order valence-corrected chi connectivity index (χ1v) is 7.87. The van der Waals surface area contributed by atoms with Gasteiger partial charge in [0, 0.05) is 0 Å². The van der Waals surface area contributed by atoms with Gasteiger partial charge in [-0.05, 0) is 0 Å². The molecule has 0 saturated carbocycles. The van der Waals surface area contributed by atoms with Crippen molar-refractivity contribution in [2.75, 3.05) is 14.2 Å². The zero-order valence-electron chi connectivity index (χ0n) is 9.88. The van der Waals surface area contributed by atoms with E-state index in [1.807, 2.05) is 24.3 Å². The van der Waals surface area contributed by atoms with Crippen molar-refractivity contribution in [1.29, 1.82) is 0 Å². The molecule has 2 aromatic carbocycles. The summed E-state index contributed by atoms with van der Waals surface area (Å²) in [6.45, 7) is 0. The van der Waals surface area contributed by atoms with Crippen molar-refractivity contribution in [3.8, 4) is 11.5 Å². The van der Waals surface area contributed by atoms with Crippen LogP contribution in [0.15, 0.2) is 48.5 Å². The molecule has 0 atom stereocenters. The van der Waals surface area contributed by atoms with Gasteiger partial charge < -0.3 is 0 Å². The maximum atomic E-state index is 5.15. The molecule has 0 aromatic heterocycles. The van der Waals surface area contributed by atoms with E-state index >= 15 is 0 Å². The first-order valence-electron chi connectivity index (χ1n) is 5.31. The van der Waals surface area contributed by atoms with Gasteiger partial charge in [-0.1, -0.05) is 0 Å². The van der Waals surface area contributed by atoms with E-state index in [0.717, 1.165) is 11.5 Å². The molecule has 2 rings (SSSR count). The Bertz CT molecular complexity index is 417. The average molecular weight is 336 g/mol. The Morgan fingerprint density at radius 1 is 0.647 bits per heavy atom. The number of hydrogen-bond acceptors (Lipinski definition) is 2. The Kier molecular flexibility index (Phi) is 4.33. The van der Waals surface area contributed by atoms with Crippen LogP contribution in [0.2, 0.25) is 0 Å². The van der Waals surface area contributed by atoms with Crippen LogP contribution in [0.5, 0.6) is 11.5 Å². The summed E-state index contributed by atoms with van der Waals surface area (Å²) < 4.78 is 13.1. The molecule has 0 aliphatic carbocycles. The Labute approximate surface area is 112 Å². The quantitative estimate of drug-likeness (QED) is 0.785. The van der Waals surface area contributed by atoms with Crippen LogP contribution in [0, 0.1) is 0 Å². The number of ether oxygens (including phenoxy) is 2. The van der Waals surface area contributed by atoms with E-state index in [9.17, 15) is 0 Å². The van der Waals surface area contributed by atoms with Crippen LogP contribution in [0.25, 0.3) is 0 Å². The summed E-state index contributed by atoms with van der Waals surface area (Å²) in [5, 5.41) is 0. The predicted octanol–water partition coefficient (Wildman–Crippen LogP) is 1.36. The monoisotopic (exact) mass is 335 g/mol. The summed E-state index contributed by atoms with van der Waals surface area (Å²) in [6, 6.07) is 16.7. The zero-order chi connectivity index (χ0) is 12.1. The molecule has 0 spiro atoms. The van der Waals surface area contributed by atoms with Gasteiger partial charge >= 0.3 is 112 Å². The second-order valence-electron chi connectivity index (χ2n) is 3.51. The summed E-state index contributed by atoms with van der Waals surface area (Å²) in [5.74, 6) is 1.83. The maximum absolute atomic E-state index is 5.15. The van der Waals surface area contributed by atoms with Crippen molar-refractivity contribution >= 4 is 28.6 Å². The number of methoxy groups -OCH3 is 2. The average Bonchev–Trinajstić information content (AvgIpc) is 2.40. The molecule has 2 nitrogen and oxygen atoms in total. The molecule has 0 aliphatic heterocycles.